The number of rotatable bonds is 3. The van der Waals surface area contributed by atoms with Gasteiger partial charge in [-0.1, -0.05) is 36.4 Å². The van der Waals surface area contributed by atoms with Crippen LogP contribution in [0.4, 0.5) is 0 Å². The van der Waals surface area contributed by atoms with Gasteiger partial charge in [0.05, 0.1) is 17.2 Å². The van der Waals surface area contributed by atoms with E-state index < -0.39 is 75.8 Å². The largest absolute Gasteiger partial charge is 0.511 e. The molecule has 3 aliphatic carbocycles. The minimum Gasteiger partial charge on any atom is -0.511 e. The molecule has 0 bridgehead atoms. The maximum atomic E-state index is 13.6. The van der Waals surface area contributed by atoms with Gasteiger partial charge in [-0.15, -0.1) is 0 Å². The minimum absolute atomic E-state index is 0.198. The summed E-state index contributed by atoms with van der Waals surface area (Å²) in [6, 6.07) is 10.8. The molecule has 10 heteroatoms. The van der Waals surface area contributed by atoms with Gasteiger partial charge < -0.3 is 31.3 Å². The van der Waals surface area contributed by atoms with Gasteiger partial charge in [-0.2, -0.15) is 0 Å². The summed E-state index contributed by atoms with van der Waals surface area (Å²) < 4.78 is 0. The van der Waals surface area contributed by atoms with Crippen LogP contribution in [-0.4, -0.2) is 60.5 Å². The number of fused-ring (bicyclic) bond motifs is 3. The highest BCUT2D eigenvalue weighted by Gasteiger charge is 2.63. The number of phenolic OH excluding ortho intramolecular Hbond substituents is 1. The van der Waals surface area contributed by atoms with Gasteiger partial charge in [0.15, 0.2) is 17.2 Å². The lowest BCUT2D eigenvalue weighted by molar-refractivity contribution is -0.152. The van der Waals surface area contributed by atoms with Crippen LogP contribution in [-0.2, 0) is 9.59 Å². The average molecular weight is 517 g/mol. The van der Waals surface area contributed by atoms with E-state index in [2.05, 4.69) is 0 Å². The van der Waals surface area contributed by atoms with Crippen molar-refractivity contribution in [2.24, 2.45) is 17.6 Å². The maximum absolute atomic E-state index is 13.6. The first kappa shape index (κ1) is 25.1. The number of benzene rings is 2. The molecular formula is C28H23NO9. The number of hydrogen-bond acceptors (Lipinski definition) is 9. The second kappa shape index (κ2) is 8.51. The summed E-state index contributed by atoms with van der Waals surface area (Å²) in [5.74, 6) is -9.09. The van der Waals surface area contributed by atoms with Crippen molar-refractivity contribution in [1.82, 2.24) is 0 Å². The van der Waals surface area contributed by atoms with Crippen LogP contribution in [0.3, 0.4) is 0 Å². The number of Topliss-reactive ketones (excluding diaryl/α,β-unsaturated/α-hetero) is 3. The van der Waals surface area contributed by atoms with Crippen molar-refractivity contribution in [2.45, 2.75) is 25.0 Å². The number of allylic oxidation sites excluding steroid dienone is 1. The predicted octanol–water partition coefficient (Wildman–Crippen LogP) is 1.75. The topological polar surface area (TPSA) is 195 Å². The highest BCUT2D eigenvalue weighted by molar-refractivity contribution is 6.25. The van der Waals surface area contributed by atoms with Crippen LogP contribution >= 0.6 is 0 Å². The number of aliphatic hydroxyl groups is 4. The van der Waals surface area contributed by atoms with Gasteiger partial charge in [-0.3, -0.25) is 19.2 Å². The fraction of sp³-hybridized carbons (Fsp3) is 0.214. The molecular weight excluding hydrogens is 494 g/mol. The number of hydrogen-bond donors (Lipinski definition) is 6. The molecule has 0 saturated carbocycles. The molecule has 2 aromatic carbocycles. The fourth-order valence-corrected chi connectivity index (χ4v) is 5.71. The summed E-state index contributed by atoms with van der Waals surface area (Å²) >= 11 is 0. The van der Waals surface area contributed by atoms with Gasteiger partial charge in [0.1, 0.15) is 22.8 Å². The van der Waals surface area contributed by atoms with Crippen molar-refractivity contribution in [3.63, 3.8) is 0 Å². The second-order valence-corrected chi connectivity index (χ2v) is 9.63. The van der Waals surface area contributed by atoms with Gasteiger partial charge in [0.25, 0.3) is 5.91 Å². The Morgan fingerprint density at radius 2 is 1.76 bits per heavy atom. The summed E-state index contributed by atoms with van der Waals surface area (Å²) in [4.78, 5) is 50.6. The molecule has 10 nitrogen and oxygen atoms in total. The lowest BCUT2D eigenvalue weighted by Crippen LogP contribution is -2.62. The molecule has 1 amide bonds. The first-order valence-electron chi connectivity index (χ1n) is 11.7. The van der Waals surface area contributed by atoms with E-state index in [1.807, 2.05) is 0 Å². The molecule has 0 spiro atoms. The SMILES string of the molecule is CC(=O)c1cccc(/C=C2\c3cccc(O)c3C(=O)C3=C(O)[C@]4(O)C(=O)C(C(N)=O)=C(O)C[C@@H]4[C@@H](O)[C@@H]32)c1. The van der Waals surface area contributed by atoms with E-state index >= 15 is 0 Å². The summed E-state index contributed by atoms with van der Waals surface area (Å²) in [7, 11) is 0. The molecule has 4 atom stereocenters. The van der Waals surface area contributed by atoms with Gasteiger partial charge in [-0.25, -0.2) is 0 Å². The van der Waals surface area contributed by atoms with E-state index in [1.165, 1.54) is 25.1 Å². The number of ketones is 3. The number of carbonyl (C=O) groups is 4. The van der Waals surface area contributed by atoms with E-state index in [0.29, 0.717) is 11.1 Å². The molecule has 194 valence electrons. The normalized spacial score (nSPS) is 27.7. The van der Waals surface area contributed by atoms with Gasteiger partial charge >= 0.3 is 0 Å². The Morgan fingerprint density at radius 3 is 2.42 bits per heavy atom. The fourth-order valence-electron chi connectivity index (χ4n) is 5.71. The lowest BCUT2D eigenvalue weighted by Gasteiger charge is -2.49. The molecule has 3 aliphatic rings. The van der Waals surface area contributed by atoms with Crippen molar-refractivity contribution < 1.29 is 44.7 Å². The zero-order valence-electron chi connectivity index (χ0n) is 20.0. The quantitative estimate of drug-likeness (QED) is 0.260. The van der Waals surface area contributed by atoms with E-state index in [9.17, 15) is 44.7 Å². The number of amides is 1. The Kier molecular flexibility index (Phi) is 5.62. The molecule has 0 aliphatic heterocycles. The van der Waals surface area contributed by atoms with Crippen LogP contribution in [0.5, 0.6) is 5.75 Å². The van der Waals surface area contributed by atoms with Crippen molar-refractivity contribution in [2.75, 3.05) is 0 Å². The van der Waals surface area contributed by atoms with E-state index in [0.717, 1.165) is 0 Å². The van der Waals surface area contributed by atoms with Crippen molar-refractivity contribution in [1.29, 1.82) is 0 Å². The molecule has 0 fully saturated rings. The first-order chi connectivity index (χ1) is 17.9. The zero-order valence-corrected chi connectivity index (χ0v) is 20.0. The van der Waals surface area contributed by atoms with Gasteiger partial charge in [0.2, 0.25) is 5.78 Å². The Bertz CT molecular complexity index is 1560. The van der Waals surface area contributed by atoms with Gasteiger partial charge in [-0.05, 0) is 35.8 Å². The summed E-state index contributed by atoms with van der Waals surface area (Å²) in [6.07, 6.45) is -0.741. The molecule has 0 unspecified atom stereocenters. The number of primary amides is 1. The van der Waals surface area contributed by atoms with Gasteiger partial charge in [0, 0.05) is 23.8 Å². The predicted molar refractivity (Wildman–Crippen MR) is 133 cm³/mol. The van der Waals surface area contributed by atoms with Crippen LogP contribution in [0.25, 0.3) is 11.6 Å². The molecule has 7 N–H and O–H groups in total. The Labute approximate surface area is 215 Å². The molecule has 0 heterocycles. The lowest BCUT2D eigenvalue weighted by atomic mass is 9.57. The van der Waals surface area contributed by atoms with Crippen LogP contribution in [0, 0.1) is 11.8 Å². The molecule has 2 aromatic rings. The van der Waals surface area contributed by atoms with Crippen LogP contribution in [0.1, 0.15) is 45.2 Å². The van der Waals surface area contributed by atoms with E-state index in [-0.39, 0.29) is 22.5 Å². The molecule has 38 heavy (non-hydrogen) atoms. The Hall–Kier alpha value is -4.54. The minimum atomic E-state index is -2.93. The van der Waals surface area contributed by atoms with Crippen molar-refractivity contribution in [3.05, 3.63) is 87.4 Å². The number of carbonyl (C=O) groups excluding carboxylic acids is 4. The summed E-state index contributed by atoms with van der Waals surface area (Å²) in [5.41, 5.74) is 1.94. The van der Waals surface area contributed by atoms with Crippen LogP contribution in [0.15, 0.2) is 65.1 Å². The number of aromatic hydroxyl groups is 1. The Balaban J connectivity index is 1.81. The maximum Gasteiger partial charge on any atom is 0.255 e. The number of phenols is 1. The number of nitrogens with two attached hydrogens (primary N) is 1. The zero-order chi connectivity index (χ0) is 27.7. The molecule has 0 aromatic heterocycles. The second-order valence-electron chi connectivity index (χ2n) is 9.63. The highest BCUT2D eigenvalue weighted by atomic mass is 16.4. The third-order valence-corrected chi connectivity index (χ3v) is 7.51. The monoisotopic (exact) mass is 517 g/mol. The third-order valence-electron chi connectivity index (χ3n) is 7.51. The first-order valence-corrected chi connectivity index (χ1v) is 11.7. The number of aliphatic hydroxyl groups excluding tert-OH is 3. The van der Waals surface area contributed by atoms with Crippen LogP contribution < -0.4 is 5.73 Å². The molecule has 0 radical (unpaired) electrons. The molecule has 5 rings (SSSR count). The standard InChI is InChI=1S/C28H23NO9/c1-11(30)13-5-2-4-12(8-13)9-15-14-6-3-7-17(31)19(14)24(34)22-20(15)23(33)16-10-18(32)21(27(29)37)25(35)28(16,38)26(22)36/h2-9,16,20,23,31-33,36,38H,10H2,1H3,(H2,29,37)/b15-9+/t16-,20-,23-,28-/m1/s1. The smallest absolute Gasteiger partial charge is 0.255 e. The Morgan fingerprint density at radius 1 is 1.08 bits per heavy atom. The van der Waals surface area contributed by atoms with Crippen LogP contribution in [0.2, 0.25) is 0 Å². The molecule has 0 saturated heterocycles. The van der Waals surface area contributed by atoms with Crippen molar-refractivity contribution >= 4 is 34.9 Å². The summed E-state index contributed by atoms with van der Waals surface area (Å²) in [5, 5.41) is 55.2. The highest BCUT2D eigenvalue weighted by Crippen LogP contribution is 2.55. The van der Waals surface area contributed by atoms with E-state index in [1.54, 1.807) is 30.3 Å². The third kappa shape index (κ3) is 3.34. The van der Waals surface area contributed by atoms with Crippen molar-refractivity contribution in [3.8, 4) is 5.75 Å². The summed E-state index contributed by atoms with van der Waals surface area (Å²) in [6.45, 7) is 1.39. The average Bonchev–Trinajstić information content (AvgIpc) is 2.86. The van der Waals surface area contributed by atoms with E-state index in [4.69, 9.17) is 5.73 Å².